The van der Waals surface area contributed by atoms with E-state index in [2.05, 4.69) is 44.0 Å². The number of para-hydroxylation sites is 2. The monoisotopic (exact) mass is 398 g/mol. The van der Waals surface area contributed by atoms with Gasteiger partial charge < -0.3 is 15.4 Å². The third kappa shape index (κ3) is 3.96. The number of H-pyrrole nitrogens is 1. The third-order valence-corrected chi connectivity index (χ3v) is 4.94. The van der Waals surface area contributed by atoms with Crippen molar-refractivity contribution in [2.24, 2.45) is 0 Å². The molecule has 7 nitrogen and oxygen atoms in total. The van der Waals surface area contributed by atoms with Crippen LogP contribution in [0.2, 0.25) is 0 Å². The van der Waals surface area contributed by atoms with E-state index in [0.29, 0.717) is 24.9 Å². The van der Waals surface area contributed by atoms with E-state index in [1.165, 1.54) is 0 Å². The molecule has 5 rings (SSSR count). The van der Waals surface area contributed by atoms with Crippen LogP contribution in [-0.2, 0) is 13.0 Å². The van der Waals surface area contributed by atoms with Crippen LogP contribution in [0.15, 0.2) is 66.7 Å². The molecule has 0 saturated heterocycles. The maximum Gasteiger partial charge on any atom is 0.225 e. The smallest absolute Gasteiger partial charge is 0.225 e. The van der Waals surface area contributed by atoms with Crippen molar-refractivity contribution < 1.29 is 4.74 Å². The second-order valence-corrected chi connectivity index (χ2v) is 7.09. The summed E-state index contributed by atoms with van der Waals surface area (Å²) in [6.07, 6.45) is 5.89. The number of fused-ring (bicyclic) bond motifs is 7. The van der Waals surface area contributed by atoms with Crippen LogP contribution in [0.3, 0.4) is 0 Å². The van der Waals surface area contributed by atoms with Crippen molar-refractivity contribution in [1.29, 1.82) is 0 Å². The molecule has 0 saturated carbocycles. The summed E-state index contributed by atoms with van der Waals surface area (Å²) in [4.78, 5) is 9.39. The predicted molar refractivity (Wildman–Crippen MR) is 118 cm³/mol. The number of aromatic amines is 1. The Bertz CT molecular complexity index is 1200. The molecule has 2 aromatic carbocycles. The highest BCUT2D eigenvalue weighted by Gasteiger charge is 2.11. The van der Waals surface area contributed by atoms with Gasteiger partial charge in [-0.25, -0.2) is 4.98 Å². The summed E-state index contributed by atoms with van der Waals surface area (Å²) in [6.45, 7) is 1.19. The van der Waals surface area contributed by atoms with E-state index in [1.807, 2.05) is 48.5 Å². The standard InChI is InChI=1S/C23H22N6O/c1-2-9-17-14-21(29-28-17)26-22-18-10-4-5-11-19(18)25-23(27-22)24-15-16-8-3-6-12-20(16)30-13-7-1/h1-6,8,10-12,14H,7,9,13,15H2,(H3,24,25,26,27,28,29)/b2-1-. The summed E-state index contributed by atoms with van der Waals surface area (Å²) in [7, 11) is 0. The quantitative estimate of drug-likeness (QED) is 0.376. The Hall–Kier alpha value is -3.87. The number of nitrogens with one attached hydrogen (secondary N) is 3. The van der Waals surface area contributed by atoms with Crippen LogP contribution in [-0.4, -0.2) is 26.8 Å². The van der Waals surface area contributed by atoms with Gasteiger partial charge in [0.15, 0.2) is 5.82 Å². The van der Waals surface area contributed by atoms with E-state index in [4.69, 9.17) is 9.72 Å². The summed E-state index contributed by atoms with van der Waals surface area (Å²) in [5, 5.41) is 15.1. The first-order valence-electron chi connectivity index (χ1n) is 10.0. The van der Waals surface area contributed by atoms with Crippen molar-refractivity contribution >= 4 is 28.5 Å². The van der Waals surface area contributed by atoms with E-state index in [-0.39, 0.29) is 0 Å². The van der Waals surface area contributed by atoms with Crippen LogP contribution in [0.5, 0.6) is 5.75 Å². The van der Waals surface area contributed by atoms with Crippen molar-refractivity contribution in [3.05, 3.63) is 78.0 Å². The molecule has 7 heteroatoms. The van der Waals surface area contributed by atoms with Gasteiger partial charge in [0.2, 0.25) is 5.95 Å². The Balaban J connectivity index is 1.54. The molecule has 1 aliphatic heterocycles. The van der Waals surface area contributed by atoms with E-state index in [0.717, 1.165) is 46.6 Å². The van der Waals surface area contributed by atoms with Crippen molar-refractivity contribution in [1.82, 2.24) is 20.2 Å². The Labute approximate surface area is 174 Å². The van der Waals surface area contributed by atoms with Gasteiger partial charge in [0.1, 0.15) is 11.6 Å². The van der Waals surface area contributed by atoms with Crippen LogP contribution in [0.4, 0.5) is 17.6 Å². The number of benzene rings is 2. The second kappa shape index (κ2) is 8.24. The van der Waals surface area contributed by atoms with Gasteiger partial charge in [0.05, 0.1) is 12.1 Å². The van der Waals surface area contributed by atoms with Gasteiger partial charge in [-0.05, 0) is 24.6 Å². The van der Waals surface area contributed by atoms with E-state index < -0.39 is 0 Å². The lowest BCUT2D eigenvalue weighted by Gasteiger charge is -2.13. The Morgan fingerprint density at radius 1 is 0.933 bits per heavy atom. The zero-order valence-corrected chi connectivity index (χ0v) is 16.4. The number of hydrogen-bond acceptors (Lipinski definition) is 6. The zero-order chi connectivity index (χ0) is 20.2. The minimum Gasteiger partial charge on any atom is -0.493 e. The molecule has 0 aliphatic carbocycles. The molecule has 0 amide bonds. The van der Waals surface area contributed by atoms with Crippen molar-refractivity contribution in [3.63, 3.8) is 0 Å². The van der Waals surface area contributed by atoms with E-state index >= 15 is 0 Å². The van der Waals surface area contributed by atoms with Gasteiger partial charge in [-0.3, -0.25) is 5.10 Å². The van der Waals surface area contributed by atoms with Crippen LogP contribution < -0.4 is 15.4 Å². The van der Waals surface area contributed by atoms with Crippen molar-refractivity contribution in [3.8, 4) is 5.75 Å². The lowest BCUT2D eigenvalue weighted by atomic mass is 10.2. The number of nitrogens with zero attached hydrogens (tertiary/aromatic N) is 3. The van der Waals surface area contributed by atoms with E-state index in [9.17, 15) is 0 Å². The highest BCUT2D eigenvalue weighted by Crippen LogP contribution is 2.26. The normalized spacial score (nSPS) is 15.2. The minimum atomic E-state index is 0.549. The fraction of sp³-hybridized carbons (Fsp3) is 0.174. The lowest BCUT2D eigenvalue weighted by Crippen LogP contribution is -2.08. The SMILES string of the molecule is C1=C\Cc2cc(n[nH]2)Nc2nc(nc3ccccc23)NCc2ccccc2OCC/1. The average molecular weight is 398 g/mol. The zero-order valence-electron chi connectivity index (χ0n) is 16.4. The molecular formula is C23H22N6O. The molecule has 0 spiro atoms. The molecule has 30 heavy (non-hydrogen) atoms. The molecule has 2 aromatic heterocycles. The number of allylic oxidation sites excluding steroid dienone is 1. The van der Waals surface area contributed by atoms with Gasteiger partial charge in [0, 0.05) is 35.7 Å². The highest BCUT2D eigenvalue weighted by atomic mass is 16.5. The number of hydrogen-bond donors (Lipinski definition) is 3. The molecular weight excluding hydrogens is 376 g/mol. The average Bonchev–Trinajstić information content (AvgIpc) is 3.22. The van der Waals surface area contributed by atoms with Gasteiger partial charge >= 0.3 is 0 Å². The molecule has 3 N–H and O–H groups in total. The van der Waals surface area contributed by atoms with E-state index in [1.54, 1.807) is 0 Å². The summed E-state index contributed by atoms with van der Waals surface area (Å²) in [5.41, 5.74) is 2.95. The number of ether oxygens (including phenoxy) is 1. The predicted octanol–water partition coefficient (Wildman–Crippen LogP) is 4.59. The first-order chi connectivity index (χ1) is 14.8. The van der Waals surface area contributed by atoms with Crippen LogP contribution >= 0.6 is 0 Å². The largest absolute Gasteiger partial charge is 0.493 e. The molecule has 4 aromatic rings. The second-order valence-electron chi connectivity index (χ2n) is 7.09. The first-order valence-corrected chi connectivity index (χ1v) is 10.0. The van der Waals surface area contributed by atoms with Gasteiger partial charge in [-0.1, -0.05) is 42.5 Å². The van der Waals surface area contributed by atoms with Gasteiger partial charge in [0.25, 0.3) is 0 Å². The summed E-state index contributed by atoms with van der Waals surface area (Å²) >= 11 is 0. The molecule has 1 aliphatic rings. The number of aromatic nitrogens is 4. The lowest BCUT2D eigenvalue weighted by molar-refractivity contribution is 0.322. The Kier molecular flexibility index (Phi) is 4.99. The Morgan fingerprint density at radius 3 is 2.83 bits per heavy atom. The topological polar surface area (TPSA) is 87.8 Å². The van der Waals surface area contributed by atoms with Crippen molar-refractivity contribution in [2.45, 2.75) is 19.4 Å². The maximum atomic E-state index is 6.00. The van der Waals surface area contributed by atoms with Gasteiger partial charge in [-0.2, -0.15) is 10.1 Å². The molecule has 0 radical (unpaired) electrons. The minimum absolute atomic E-state index is 0.549. The summed E-state index contributed by atoms with van der Waals surface area (Å²) in [5.74, 6) is 2.86. The molecule has 0 fully saturated rings. The van der Waals surface area contributed by atoms with Crippen LogP contribution in [0.25, 0.3) is 10.9 Å². The van der Waals surface area contributed by atoms with Crippen LogP contribution in [0.1, 0.15) is 17.7 Å². The Morgan fingerprint density at radius 2 is 1.83 bits per heavy atom. The highest BCUT2D eigenvalue weighted by molar-refractivity contribution is 5.91. The molecule has 0 unspecified atom stereocenters. The molecule has 0 atom stereocenters. The van der Waals surface area contributed by atoms with Crippen LogP contribution in [0, 0.1) is 0 Å². The third-order valence-electron chi connectivity index (χ3n) is 4.94. The van der Waals surface area contributed by atoms with Crippen molar-refractivity contribution in [2.75, 3.05) is 17.2 Å². The maximum absolute atomic E-state index is 6.00. The molecule has 150 valence electrons. The molecule has 4 bridgehead atoms. The number of anilines is 3. The first kappa shape index (κ1) is 18.2. The number of rotatable bonds is 0. The fourth-order valence-corrected chi connectivity index (χ4v) is 3.43. The summed E-state index contributed by atoms with van der Waals surface area (Å²) in [6, 6.07) is 18.0. The van der Waals surface area contributed by atoms with Gasteiger partial charge in [-0.15, -0.1) is 0 Å². The fourth-order valence-electron chi connectivity index (χ4n) is 3.43. The summed E-state index contributed by atoms with van der Waals surface area (Å²) < 4.78 is 6.00. The molecule has 3 heterocycles.